The predicted octanol–water partition coefficient (Wildman–Crippen LogP) is 3.59. The first-order chi connectivity index (χ1) is 14.9. The number of methoxy groups -OCH3 is 1. The Morgan fingerprint density at radius 3 is 2.58 bits per heavy atom. The van der Waals surface area contributed by atoms with Crippen LogP contribution in [0.25, 0.3) is 11.1 Å². The molecule has 2 fully saturated rings. The van der Waals surface area contributed by atoms with Crippen molar-refractivity contribution in [3.05, 3.63) is 48.0 Å². The second-order valence-corrected chi connectivity index (χ2v) is 10.3. The molecule has 31 heavy (non-hydrogen) atoms. The highest BCUT2D eigenvalue weighted by atomic mass is 32.2. The van der Waals surface area contributed by atoms with Crippen LogP contribution in [0.4, 0.5) is 0 Å². The zero-order valence-electron chi connectivity index (χ0n) is 18.3. The molecule has 6 nitrogen and oxygen atoms in total. The molecule has 2 aromatic carbocycles. The largest absolute Gasteiger partial charge is 0.496 e. The molecule has 168 valence electrons. The number of sulfonamides is 1. The van der Waals surface area contributed by atoms with Crippen molar-refractivity contribution in [2.75, 3.05) is 33.4 Å². The minimum absolute atomic E-state index is 0.0335. The van der Waals surface area contributed by atoms with Crippen molar-refractivity contribution in [3.8, 4) is 16.9 Å². The topological polar surface area (TPSA) is 67.9 Å². The van der Waals surface area contributed by atoms with E-state index in [1.54, 1.807) is 25.3 Å². The number of ether oxygens (including phenoxy) is 2. The Morgan fingerprint density at radius 1 is 1.10 bits per heavy atom. The van der Waals surface area contributed by atoms with E-state index in [1.165, 1.54) is 0 Å². The molecule has 0 amide bonds. The van der Waals surface area contributed by atoms with Crippen LogP contribution in [0.15, 0.2) is 47.4 Å². The Kier molecular flexibility index (Phi) is 6.96. The first-order valence-corrected chi connectivity index (χ1v) is 12.5. The normalized spacial score (nSPS) is 20.8. The van der Waals surface area contributed by atoms with Crippen molar-refractivity contribution < 1.29 is 17.9 Å². The summed E-state index contributed by atoms with van der Waals surface area (Å²) in [6.45, 7) is 5.61. The van der Waals surface area contributed by atoms with Gasteiger partial charge in [0.2, 0.25) is 10.0 Å². The third-order valence-electron chi connectivity index (χ3n) is 6.28. The van der Waals surface area contributed by atoms with E-state index in [4.69, 9.17) is 9.47 Å². The fourth-order valence-electron chi connectivity index (χ4n) is 4.44. The van der Waals surface area contributed by atoms with Gasteiger partial charge in [0.25, 0.3) is 0 Å². The Morgan fingerprint density at radius 2 is 1.87 bits per heavy atom. The van der Waals surface area contributed by atoms with Crippen LogP contribution in [0.5, 0.6) is 5.75 Å². The van der Waals surface area contributed by atoms with E-state index in [0.717, 1.165) is 74.4 Å². The number of hydrogen-bond donors (Lipinski definition) is 1. The molecule has 0 aliphatic carbocycles. The first-order valence-electron chi connectivity index (χ1n) is 11.1. The molecule has 0 radical (unpaired) electrons. The van der Waals surface area contributed by atoms with Crippen LogP contribution < -0.4 is 9.46 Å². The Bertz CT molecular complexity index is 994. The van der Waals surface area contributed by atoms with Gasteiger partial charge in [0.1, 0.15) is 5.75 Å². The minimum Gasteiger partial charge on any atom is -0.496 e. The van der Waals surface area contributed by atoms with E-state index in [2.05, 4.69) is 9.62 Å². The van der Waals surface area contributed by atoms with Gasteiger partial charge < -0.3 is 14.4 Å². The second kappa shape index (κ2) is 9.69. The van der Waals surface area contributed by atoms with Gasteiger partial charge in [0, 0.05) is 19.2 Å². The summed E-state index contributed by atoms with van der Waals surface area (Å²) < 4.78 is 40.2. The van der Waals surface area contributed by atoms with E-state index in [9.17, 15) is 8.42 Å². The summed E-state index contributed by atoms with van der Waals surface area (Å²) in [6, 6.07) is 13.0. The molecule has 2 aromatic rings. The summed E-state index contributed by atoms with van der Waals surface area (Å²) in [5.41, 5.74) is 2.83. The highest BCUT2D eigenvalue weighted by Gasteiger charge is 2.27. The minimum atomic E-state index is -3.58. The molecule has 1 atom stereocenters. The van der Waals surface area contributed by atoms with Crippen LogP contribution in [0.2, 0.25) is 0 Å². The van der Waals surface area contributed by atoms with Crippen molar-refractivity contribution in [2.45, 2.75) is 49.6 Å². The number of benzene rings is 2. The SMILES string of the molecule is COc1cc(-c2cccc(S(=O)(=O)NC3CCN(CC4CCCO4)CC3)c2)ccc1C. The average molecular weight is 445 g/mol. The van der Waals surface area contributed by atoms with Crippen molar-refractivity contribution in [2.24, 2.45) is 0 Å². The number of nitrogens with one attached hydrogen (secondary N) is 1. The number of nitrogens with zero attached hydrogens (tertiary/aromatic N) is 1. The molecular formula is C24H32N2O4S. The summed E-state index contributed by atoms with van der Waals surface area (Å²) in [7, 11) is -1.94. The first kappa shape index (κ1) is 22.3. The molecule has 1 N–H and O–H groups in total. The third kappa shape index (κ3) is 5.47. The van der Waals surface area contributed by atoms with E-state index < -0.39 is 10.0 Å². The molecule has 2 aliphatic heterocycles. The zero-order chi connectivity index (χ0) is 21.8. The molecule has 1 unspecified atom stereocenters. The van der Waals surface area contributed by atoms with Crippen LogP contribution in [0.3, 0.4) is 0 Å². The maximum Gasteiger partial charge on any atom is 0.240 e. The van der Waals surface area contributed by atoms with E-state index in [0.29, 0.717) is 11.0 Å². The molecule has 2 saturated heterocycles. The Hall–Kier alpha value is -1.93. The van der Waals surface area contributed by atoms with Crippen LogP contribution in [0.1, 0.15) is 31.2 Å². The number of rotatable bonds is 7. The number of likely N-dealkylation sites (tertiary alicyclic amines) is 1. The lowest BCUT2D eigenvalue weighted by atomic mass is 10.0. The summed E-state index contributed by atoms with van der Waals surface area (Å²) in [5, 5.41) is 0. The predicted molar refractivity (Wildman–Crippen MR) is 122 cm³/mol. The number of aryl methyl sites for hydroxylation is 1. The number of piperidine rings is 1. The van der Waals surface area contributed by atoms with Gasteiger partial charge in [-0.25, -0.2) is 13.1 Å². The van der Waals surface area contributed by atoms with Crippen LogP contribution in [0, 0.1) is 6.92 Å². The lowest BCUT2D eigenvalue weighted by Gasteiger charge is -2.33. The zero-order valence-corrected chi connectivity index (χ0v) is 19.2. The lowest BCUT2D eigenvalue weighted by Crippen LogP contribution is -2.46. The maximum absolute atomic E-state index is 13.1. The summed E-state index contributed by atoms with van der Waals surface area (Å²) in [4.78, 5) is 2.69. The monoisotopic (exact) mass is 444 g/mol. The molecule has 4 rings (SSSR count). The molecule has 0 bridgehead atoms. The van der Waals surface area contributed by atoms with Gasteiger partial charge in [-0.05, 0) is 80.6 Å². The van der Waals surface area contributed by atoms with Gasteiger partial charge in [-0.3, -0.25) is 0 Å². The smallest absolute Gasteiger partial charge is 0.240 e. The molecule has 0 spiro atoms. The van der Waals surface area contributed by atoms with Gasteiger partial charge in [0.15, 0.2) is 0 Å². The van der Waals surface area contributed by atoms with Crippen molar-refractivity contribution in [1.82, 2.24) is 9.62 Å². The van der Waals surface area contributed by atoms with Crippen molar-refractivity contribution in [3.63, 3.8) is 0 Å². The summed E-state index contributed by atoms with van der Waals surface area (Å²) in [6.07, 6.45) is 4.27. The van der Waals surface area contributed by atoms with Crippen LogP contribution in [-0.4, -0.2) is 58.8 Å². The molecular weight excluding hydrogens is 412 g/mol. The Labute approximate surface area is 185 Å². The molecule has 2 aliphatic rings. The maximum atomic E-state index is 13.1. The van der Waals surface area contributed by atoms with Gasteiger partial charge >= 0.3 is 0 Å². The Balaban J connectivity index is 1.40. The van der Waals surface area contributed by atoms with Crippen LogP contribution >= 0.6 is 0 Å². The molecule has 7 heteroatoms. The summed E-state index contributed by atoms with van der Waals surface area (Å²) >= 11 is 0. The van der Waals surface area contributed by atoms with Crippen molar-refractivity contribution in [1.29, 1.82) is 0 Å². The standard InChI is InChI=1S/C24H32N2O4S/c1-18-8-9-20(16-24(18)29-2)19-5-3-7-23(15-19)31(27,28)25-21-10-12-26(13-11-21)17-22-6-4-14-30-22/h3,5,7-9,15-16,21-22,25H,4,6,10-14,17H2,1-2H3. The molecule has 0 saturated carbocycles. The van der Waals surface area contributed by atoms with Crippen LogP contribution in [-0.2, 0) is 14.8 Å². The summed E-state index contributed by atoms with van der Waals surface area (Å²) in [5.74, 6) is 0.790. The molecule has 0 aromatic heterocycles. The van der Waals surface area contributed by atoms with Gasteiger partial charge in [-0.1, -0.05) is 24.3 Å². The van der Waals surface area contributed by atoms with E-state index >= 15 is 0 Å². The fraction of sp³-hybridized carbons (Fsp3) is 0.500. The van der Waals surface area contributed by atoms with Gasteiger partial charge in [-0.15, -0.1) is 0 Å². The van der Waals surface area contributed by atoms with Gasteiger partial charge in [-0.2, -0.15) is 0 Å². The average Bonchev–Trinajstić information content (AvgIpc) is 3.28. The second-order valence-electron chi connectivity index (χ2n) is 8.54. The highest BCUT2D eigenvalue weighted by molar-refractivity contribution is 7.89. The van der Waals surface area contributed by atoms with Crippen molar-refractivity contribution >= 4 is 10.0 Å². The fourth-order valence-corrected chi connectivity index (χ4v) is 5.79. The lowest BCUT2D eigenvalue weighted by molar-refractivity contribution is 0.0639. The molecule has 2 heterocycles. The van der Waals surface area contributed by atoms with E-state index in [1.807, 2.05) is 31.2 Å². The third-order valence-corrected chi connectivity index (χ3v) is 7.80. The highest BCUT2D eigenvalue weighted by Crippen LogP contribution is 2.28. The number of hydrogen-bond acceptors (Lipinski definition) is 5. The quantitative estimate of drug-likeness (QED) is 0.707. The van der Waals surface area contributed by atoms with Gasteiger partial charge in [0.05, 0.1) is 18.1 Å². The van der Waals surface area contributed by atoms with E-state index in [-0.39, 0.29) is 6.04 Å².